The number of alkyl halides is 3. The summed E-state index contributed by atoms with van der Waals surface area (Å²) in [6, 6.07) is 0. The zero-order valence-electron chi connectivity index (χ0n) is 12.2. The maximum Gasteiger partial charge on any atom is 0.392 e. The van der Waals surface area contributed by atoms with Crippen molar-refractivity contribution in [1.29, 1.82) is 0 Å². The molecule has 3 nitrogen and oxygen atoms in total. The predicted octanol–water partition coefficient (Wildman–Crippen LogP) is 3.17. The van der Waals surface area contributed by atoms with Crippen LogP contribution in [0.25, 0.3) is 0 Å². The molecule has 6 heteroatoms. The van der Waals surface area contributed by atoms with Gasteiger partial charge in [-0.25, -0.2) is 0 Å². The van der Waals surface area contributed by atoms with Crippen LogP contribution in [0.2, 0.25) is 0 Å². The number of carbonyl (C=O) groups excluding carboxylic acids is 1. The second-order valence-electron chi connectivity index (χ2n) is 6.53. The Morgan fingerprint density at radius 1 is 1.10 bits per heavy atom. The van der Waals surface area contributed by atoms with Gasteiger partial charge in [0.05, 0.1) is 18.1 Å². The summed E-state index contributed by atoms with van der Waals surface area (Å²) in [6.45, 7) is -0.192. The Labute approximate surface area is 123 Å². The lowest BCUT2D eigenvalue weighted by Crippen LogP contribution is -2.56. The topological polar surface area (TPSA) is 49.3 Å². The smallest absolute Gasteiger partial charge is 0.392 e. The van der Waals surface area contributed by atoms with Gasteiger partial charge in [0, 0.05) is 5.92 Å². The van der Waals surface area contributed by atoms with Gasteiger partial charge in [-0.1, -0.05) is 32.1 Å². The summed E-state index contributed by atoms with van der Waals surface area (Å²) in [6.07, 6.45) is 1.34. The number of nitrogens with one attached hydrogen (secondary N) is 1. The van der Waals surface area contributed by atoms with E-state index in [2.05, 4.69) is 5.32 Å². The van der Waals surface area contributed by atoms with Crippen molar-refractivity contribution in [2.45, 2.75) is 69.5 Å². The standard InChI is InChI=1S/C15H24F3NO2/c16-15(17,18)12-7-3-2-6-11(12)13(21)19-14(10-20)8-4-1-5-9-14/h11-12,20H,1-10H2,(H,19,21). The summed E-state index contributed by atoms with van der Waals surface area (Å²) in [5.41, 5.74) is -0.705. The van der Waals surface area contributed by atoms with Crippen LogP contribution in [0.15, 0.2) is 0 Å². The van der Waals surface area contributed by atoms with Crippen LogP contribution in [0.1, 0.15) is 57.8 Å². The minimum Gasteiger partial charge on any atom is -0.394 e. The molecule has 2 saturated carbocycles. The first-order valence-electron chi connectivity index (χ1n) is 7.88. The Bertz CT molecular complexity index is 364. The molecule has 122 valence electrons. The minimum atomic E-state index is -4.32. The molecule has 0 aliphatic heterocycles. The number of hydrogen-bond acceptors (Lipinski definition) is 2. The summed E-state index contributed by atoms with van der Waals surface area (Å²) in [5.74, 6) is -3.05. The number of rotatable bonds is 3. The molecule has 0 saturated heterocycles. The molecule has 0 aromatic rings. The van der Waals surface area contributed by atoms with Crippen LogP contribution in [0.4, 0.5) is 13.2 Å². The average Bonchev–Trinajstić information content (AvgIpc) is 2.47. The zero-order valence-corrected chi connectivity index (χ0v) is 12.2. The Balaban J connectivity index is 2.06. The normalized spacial score (nSPS) is 29.9. The number of aliphatic hydroxyl groups excluding tert-OH is 1. The quantitative estimate of drug-likeness (QED) is 0.841. The third-order valence-electron chi connectivity index (χ3n) is 5.02. The molecule has 0 aromatic heterocycles. The molecule has 0 spiro atoms. The molecule has 1 amide bonds. The maximum absolute atomic E-state index is 13.1. The van der Waals surface area contributed by atoms with Crippen LogP contribution >= 0.6 is 0 Å². The van der Waals surface area contributed by atoms with Gasteiger partial charge in [0.1, 0.15) is 0 Å². The van der Waals surface area contributed by atoms with Gasteiger partial charge in [-0.3, -0.25) is 4.79 Å². The molecular formula is C15H24F3NO2. The van der Waals surface area contributed by atoms with Crippen LogP contribution in [-0.2, 0) is 4.79 Å². The van der Waals surface area contributed by atoms with E-state index in [1.54, 1.807) is 0 Å². The van der Waals surface area contributed by atoms with Gasteiger partial charge in [0.25, 0.3) is 0 Å². The van der Waals surface area contributed by atoms with Gasteiger partial charge in [0.2, 0.25) is 5.91 Å². The molecule has 2 rings (SSSR count). The van der Waals surface area contributed by atoms with Crippen molar-refractivity contribution in [1.82, 2.24) is 5.32 Å². The van der Waals surface area contributed by atoms with E-state index < -0.39 is 29.5 Å². The monoisotopic (exact) mass is 307 g/mol. The van der Waals surface area contributed by atoms with Gasteiger partial charge in [-0.2, -0.15) is 13.2 Å². The van der Waals surface area contributed by atoms with E-state index in [1.165, 1.54) is 0 Å². The molecule has 0 bridgehead atoms. The first-order chi connectivity index (χ1) is 9.88. The van der Waals surface area contributed by atoms with E-state index >= 15 is 0 Å². The zero-order chi connectivity index (χ0) is 15.5. The fourth-order valence-electron chi connectivity index (χ4n) is 3.74. The van der Waals surface area contributed by atoms with Crippen molar-refractivity contribution < 1.29 is 23.1 Å². The van der Waals surface area contributed by atoms with Crippen molar-refractivity contribution >= 4 is 5.91 Å². The maximum atomic E-state index is 13.1. The molecule has 0 heterocycles. The lowest BCUT2D eigenvalue weighted by molar-refractivity contribution is -0.198. The minimum absolute atomic E-state index is 0.0354. The molecule has 0 radical (unpaired) electrons. The highest BCUT2D eigenvalue weighted by atomic mass is 19.4. The number of amides is 1. The predicted molar refractivity (Wildman–Crippen MR) is 72.5 cm³/mol. The Kier molecular flexibility index (Phi) is 5.17. The van der Waals surface area contributed by atoms with Gasteiger partial charge in [0.15, 0.2) is 0 Å². The second-order valence-corrected chi connectivity index (χ2v) is 6.53. The van der Waals surface area contributed by atoms with Crippen molar-refractivity contribution in [3.63, 3.8) is 0 Å². The second kappa shape index (κ2) is 6.55. The van der Waals surface area contributed by atoms with Crippen molar-refractivity contribution in [2.75, 3.05) is 6.61 Å². The SMILES string of the molecule is O=C(NC1(CO)CCCCC1)C1CCCCC1C(F)(F)F. The fraction of sp³-hybridized carbons (Fsp3) is 0.933. The highest BCUT2D eigenvalue weighted by molar-refractivity contribution is 5.80. The molecule has 0 aromatic carbocycles. The molecule has 2 N–H and O–H groups in total. The van der Waals surface area contributed by atoms with Gasteiger partial charge in [-0.15, -0.1) is 0 Å². The van der Waals surface area contributed by atoms with E-state index in [0.29, 0.717) is 25.7 Å². The third kappa shape index (κ3) is 3.90. The molecule has 21 heavy (non-hydrogen) atoms. The van der Waals surface area contributed by atoms with Gasteiger partial charge in [-0.05, 0) is 25.7 Å². The van der Waals surface area contributed by atoms with Crippen molar-refractivity contribution in [3.8, 4) is 0 Å². The van der Waals surface area contributed by atoms with Crippen LogP contribution in [0, 0.1) is 11.8 Å². The van der Waals surface area contributed by atoms with Gasteiger partial charge < -0.3 is 10.4 Å². The Morgan fingerprint density at radius 2 is 1.71 bits per heavy atom. The Morgan fingerprint density at radius 3 is 2.29 bits per heavy atom. The number of hydrogen-bond donors (Lipinski definition) is 2. The van der Waals surface area contributed by atoms with E-state index in [4.69, 9.17) is 0 Å². The fourth-order valence-corrected chi connectivity index (χ4v) is 3.74. The summed E-state index contributed by atoms with van der Waals surface area (Å²) in [5, 5.41) is 12.3. The number of aliphatic hydroxyl groups is 1. The highest BCUT2D eigenvalue weighted by Gasteiger charge is 2.49. The largest absolute Gasteiger partial charge is 0.394 e. The van der Waals surface area contributed by atoms with Crippen LogP contribution in [-0.4, -0.2) is 29.3 Å². The van der Waals surface area contributed by atoms with E-state index in [-0.39, 0.29) is 19.4 Å². The van der Waals surface area contributed by atoms with Gasteiger partial charge >= 0.3 is 6.18 Å². The summed E-state index contributed by atoms with van der Waals surface area (Å²) < 4.78 is 39.2. The summed E-state index contributed by atoms with van der Waals surface area (Å²) in [4.78, 5) is 12.4. The van der Waals surface area contributed by atoms with Crippen LogP contribution < -0.4 is 5.32 Å². The molecule has 2 unspecified atom stereocenters. The molecular weight excluding hydrogens is 283 g/mol. The van der Waals surface area contributed by atoms with Crippen LogP contribution in [0.5, 0.6) is 0 Å². The van der Waals surface area contributed by atoms with Crippen molar-refractivity contribution in [3.05, 3.63) is 0 Å². The van der Waals surface area contributed by atoms with Crippen LogP contribution in [0.3, 0.4) is 0 Å². The molecule has 2 fully saturated rings. The lowest BCUT2D eigenvalue weighted by atomic mass is 9.76. The molecule has 2 atom stereocenters. The van der Waals surface area contributed by atoms with Crippen molar-refractivity contribution in [2.24, 2.45) is 11.8 Å². The lowest BCUT2D eigenvalue weighted by Gasteiger charge is -2.39. The van der Waals surface area contributed by atoms with E-state index in [1.807, 2.05) is 0 Å². The Hall–Kier alpha value is -0.780. The summed E-state index contributed by atoms with van der Waals surface area (Å²) >= 11 is 0. The van der Waals surface area contributed by atoms with E-state index in [0.717, 1.165) is 19.3 Å². The first-order valence-corrected chi connectivity index (χ1v) is 7.88. The van der Waals surface area contributed by atoms with E-state index in [9.17, 15) is 23.1 Å². The number of halogens is 3. The number of carbonyl (C=O) groups is 1. The average molecular weight is 307 g/mol. The molecule has 2 aliphatic rings. The summed E-state index contributed by atoms with van der Waals surface area (Å²) in [7, 11) is 0. The third-order valence-corrected chi connectivity index (χ3v) is 5.02. The molecule has 2 aliphatic carbocycles. The first kappa shape index (κ1) is 16.6. The highest BCUT2D eigenvalue weighted by Crippen LogP contribution is 2.42.